The fourth-order valence-corrected chi connectivity index (χ4v) is 5.10. The molecule has 0 spiro atoms. The van der Waals surface area contributed by atoms with Crippen LogP contribution in [0.5, 0.6) is 11.5 Å². The van der Waals surface area contributed by atoms with Gasteiger partial charge in [-0.1, -0.05) is 0 Å². The van der Waals surface area contributed by atoms with Crippen LogP contribution in [0.3, 0.4) is 0 Å². The van der Waals surface area contributed by atoms with E-state index in [1.54, 1.807) is 6.07 Å². The van der Waals surface area contributed by atoms with Crippen LogP contribution < -0.4 is 14.8 Å². The fourth-order valence-electron chi connectivity index (χ4n) is 5.10. The first-order valence-electron chi connectivity index (χ1n) is 11.9. The van der Waals surface area contributed by atoms with E-state index in [0.717, 1.165) is 6.08 Å². The number of aliphatic hydroxyl groups is 3. The van der Waals surface area contributed by atoms with Gasteiger partial charge in [0, 0.05) is 24.3 Å². The lowest BCUT2D eigenvalue weighted by Crippen LogP contribution is -2.59. The van der Waals surface area contributed by atoms with Crippen LogP contribution in [0.1, 0.15) is 29.9 Å². The maximum absolute atomic E-state index is 13.6. The Morgan fingerprint density at radius 3 is 2.62 bits per heavy atom. The number of hydrogen-bond acceptors (Lipinski definition) is 8. The predicted octanol–water partition coefficient (Wildman–Crippen LogP) is 0.380. The van der Waals surface area contributed by atoms with Gasteiger partial charge in [-0.2, -0.15) is 13.2 Å². The van der Waals surface area contributed by atoms with Gasteiger partial charge in [-0.15, -0.1) is 0 Å². The van der Waals surface area contributed by atoms with E-state index >= 15 is 0 Å². The normalized spacial score (nSPS) is 26.6. The number of carbonyl (C=O) groups excluding carboxylic acids is 2. The standard InChI is InChI=1S/C24H29F3N2O8/c1-35-17-8-12(10-31)7-13-18-14(22(33)28-4-5-30)9-15(19(32)21(18)37-20(13)17)29(11-24(25,26)27)23(34)16-3-2-6-36-16/h7-9,15-16,18-19,21,30-32H,2-6,10-11H2,1H3,(H,28,33). The Morgan fingerprint density at radius 1 is 1.27 bits per heavy atom. The lowest BCUT2D eigenvalue weighted by molar-refractivity contribution is -0.175. The number of amides is 2. The summed E-state index contributed by atoms with van der Waals surface area (Å²) >= 11 is 0. The van der Waals surface area contributed by atoms with Gasteiger partial charge in [0.25, 0.3) is 5.91 Å². The summed E-state index contributed by atoms with van der Waals surface area (Å²) in [6, 6.07) is 1.51. The molecule has 1 aromatic carbocycles. The minimum atomic E-state index is -4.79. The maximum Gasteiger partial charge on any atom is 0.406 e. The van der Waals surface area contributed by atoms with Crippen LogP contribution in [0, 0.1) is 0 Å². The van der Waals surface area contributed by atoms with Crippen molar-refractivity contribution in [1.82, 2.24) is 10.2 Å². The Kier molecular flexibility index (Phi) is 7.97. The zero-order chi connectivity index (χ0) is 26.9. The summed E-state index contributed by atoms with van der Waals surface area (Å²) in [5.74, 6) is -2.21. The summed E-state index contributed by atoms with van der Waals surface area (Å²) in [5, 5.41) is 32.6. The van der Waals surface area contributed by atoms with E-state index in [1.807, 2.05) is 0 Å². The summed E-state index contributed by atoms with van der Waals surface area (Å²) < 4.78 is 57.5. The van der Waals surface area contributed by atoms with Gasteiger partial charge in [0.2, 0.25) is 5.91 Å². The monoisotopic (exact) mass is 530 g/mol. The molecule has 2 amide bonds. The van der Waals surface area contributed by atoms with E-state index in [9.17, 15) is 33.0 Å². The largest absolute Gasteiger partial charge is 0.493 e. The SMILES string of the molecule is COc1cc(CO)cc2c1OC1C2C(C(=O)NCCO)=CC(N(CC(F)(F)F)C(=O)C2CCCO2)C1O. The number of rotatable bonds is 8. The molecule has 2 heterocycles. The number of hydrogen-bond donors (Lipinski definition) is 4. The average molecular weight is 530 g/mol. The van der Waals surface area contributed by atoms with Crippen LogP contribution in [0.2, 0.25) is 0 Å². The lowest BCUT2D eigenvalue weighted by Gasteiger charge is -2.41. The first kappa shape index (κ1) is 27.2. The molecule has 1 saturated heterocycles. The van der Waals surface area contributed by atoms with Crippen molar-refractivity contribution in [3.05, 3.63) is 34.9 Å². The minimum Gasteiger partial charge on any atom is -0.493 e. The first-order valence-corrected chi connectivity index (χ1v) is 11.9. The highest BCUT2D eigenvalue weighted by atomic mass is 19.4. The number of halogens is 3. The van der Waals surface area contributed by atoms with E-state index < -0.39 is 54.8 Å². The van der Waals surface area contributed by atoms with Crippen molar-refractivity contribution in [3.63, 3.8) is 0 Å². The molecule has 0 aromatic heterocycles. The van der Waals surface area contributed by atoms with Gasteiger partial charge < -0.3 is 39.7 Å². The Labute approximate surface area is 210 Å². The average Bonchev–Trinajstić information content (AvgIpc) is 3.53. The molecule has 0 radical (unpaired) electrons. The van der Waals surface area contributed by atoms with Gasteiger partial charge in [-0.25, -0.2) is 0 Å². The maximum atomic E-state index is 13.6. The Bertz CT molecular complexity index is 1060. The highest BCUT2D eigenvalue weighted by Crippen LogP contribution is 2.51. The third-order valence-electron chi connectivity index (χ3n) is 6.69. The molecule has 37 heavy (non-hydrogen) atoms. The number of alkyl halides is 3. The molecule has 4 rings (SSSR count). The van der Waals surface area contributed by atoms with Crippen molar-refractivity contribution in [2.75, 3.05) is 33.4 Å². The van der Waals surface area contributed by atoms with Crippen LogP contribution >= 0.6 is 0 Å². The summed E-state index contributed by atoms with van der Waals surface area (Å²) in [5.41, 5.74) is 0.778. The second-order valence-electron chi connectivity index (χ2n) is 9.10. The summed E-state index contributed by atoms with van der Waals surface area (Å²) in [7, 11) is 1.36. The van der Waals surface area contributed by atoms with E-state index in [4.69, 9.17) is 19.3 Å². The van der Waals surface area contributed by atoms with Gasteiger partial charge in [-0.05, 0) is 36.6 Å². The zero-order valence-electron chi connectivity index (χ0n) is 20.0. The molecule has 3 aliphatic rings. The molecular weight excluding hydrogens is 501 g/mol. The number of aliphatic hydroxyl groups excluding tert-OH is 3. The Balaban J connectivity index is 1.81. The third-order valence-corrected chi connectivity index (χ3v) is 6.69. The van der Waals surface area contributed by atoms with E-state index in [0.29, 0.717) is 22.4 Å². The molecule has 204 valence electrons. The summed E-state index contributed by atoms with van der Waals surface area (Å²) in [6.07, 6.45) is -6.90. The fraction of sp³-hybridized carbons (Fsp3) is 0.583. The van der Waals surface area contributed by atoms with Crippen LogP contribution in [0.15, 0.2) is 23.8 Å². The molecule has 0 saturated carbocycles. The predicted molar refractivity (Wildman–Crippen MR) is 121 cm³/mol. The molecule has 1 fully saturated rings. The van der Waals surface area contributed by atoms with Crippen molar-refractivity contribution in [2.45, 2.75) is 55.9 Å². The second-order valence-corrected chi connectivity index (χ2v) is 9.10. The minimum absolute atomic E-state index is 0.0445. The van der Waals surface area contributed by atoms with E-state index in [-0.39, 0.29) is 49.9 Å². The molecular formula is C24H29F3N2O8. The Hall–Kier alpha value is -2.87. The molecule has 1 aromatic rings. The van der Waals surface area contributed by atoms with Crippen molar-refractivity contribution < 1.29 is 52.3 Å². The zero-order valence-corrected chi connectivity index (χ0v) is 20.0. The van der Waals surface area contributed by atoms with Gasteiger partial charge in [-0.3, -0.25) is 9.59 Å². The number of carbonyl (C=O) groups is 2. The van der Waals surface area contributed by atoms with Crippen molar-refractivity contribution in [2.24, 2.45) is 0 Å². The lowest BCUT2D eigenvalue weighted by atomic mass is 9.77. The number of fused-ring (bicyclic) bond motifs is 3. The molecule has 4 N–H and O–H groups in total. The molecule has 1 aliphatic carbocycles. The van der Waals surface area contributed by atoms with Crippen LogP contribution in [0.25, 0.3) is 0 Å². The topological polar surface area (TPSA) is 138 Å². The van der Waals surface area contributed by atoms with Gasteiger partial charge in [0.05, 0.1) is 32.3 Å². The number of methoxy groups -OCH3 is 1. The van der Waals surface area contributed by atoms with E-state index in [2.05, 4.69) is 5.32 Å². The van der Waals surface area contributed by atoms with Crippen molar-refractivity contribution >= 4 is 11.8 Å². The number of ether oxygens (including phenoxy) is 3. The highest BCUT2D eigenvalue weighted by Gasteiger charge is 2.53. The highest BCUT2D eigenvalue weighted by molar-refractivity contribution is 5.96. The summed E-state index contributed by atoms with van der Waals surface area (Å²) in [4.78, 5) is 26.8. The van der Waals surface area contributed by atoms with Gasteiger partial charge in [0.1, 0.15) is 24.9 Å². The number of nitrogens with zero attached hydrogens (tertiary/aromatic N) is 1. The smallest absolute Gasteiger partial charge is 0.406 e. The first-order chi connectivity index (χ1) is 17.6. The molecule has 5 unspecified atom stereocenters. The van der Waals surface area contributed by atoms with Crippen LogP contribution in [-0.2, 0) is 20.9 Å². The second kappa shape index (κ2) is 10.9. The van der Waals surface area contributed by atoms with Gasteiger partial charge >= 0.3 is 6.18 Å². The molecule has 0 bridgehead atoms. The molecule has 10 nitrogen and oxygen atoms in total. The third kappa shape index (κ3) is 5.40. The Morgan fingerprint density at radius 2 is 2.03 bits per heavy atom. The molecule has 5 atom stereocenters. The van der Waals surface area contributed by atoms with Crippen molar-refractivity contribution in [3.8, 4) is 11.5 Å². The molecule has 2 aliphatic heterocycles. The van der Waals surface area contributed by atoms with Crippen LogP contribution in [-0.4, -0.2) is 96.0 Å². The van der Waals surface area contributed by atoms with Gasteiger partial charge in [0.15, 0.2) is 11.5 Å². The molecule has 13 heteroatoms. The number of nitrogens with one attached hydrogen (secondary N) is 1. The quantitative estimate of drug-likeness (QED) is 0.379. The van der Waals surface area contributed by atoms with E-state index in [1.165, 1.54) is 13.2 Å². The van der Waals surface area contributed by atoms with Crippen LogP contribution in [0.4, 0.5) is 13.2 Å². The van der Waals surface area contributed by atoms with Crippen molar-refractivity contribution in [1.29, 1.82) is 0 Å². The number of benzene rings is 1. The summed E-state index contributed by atoms with van der Waals surface area (Å²) in [6.45, 7) is -2.32.